The topological polar surface area (TPSA) is 42.8 Å². The van der Waals surface area contributed by atoms with Gasteiger partial charge in [-0.3, -0.25) is 5.43 Å². The predicted octanol–water partition coefficient (Wildman–Crippen LogP) is 3.80. The summed E-state index contributed by atoms with van der Waals surface area (Å²) in [6, 6.07) is 12.9. The first kappa shape index (κ1) is 14.2. The molecule has 0 spiro atoms. The van der Waals surface area contributed by atoms with Gasteiger partial charge in [-0.1, -0.05) is 23.7 Å². The highest BCUT2D eigenvalue weighted by atomic mass is 35.5. The number of hydrogen-bond acceptors (Lipinski definition) is 4. The second-order valence-electron chi connectivity index (χ2n) is 3.96. The summed E-state index contributed by atoms with van der Waals surface area (Å²) >= 11 is 6.03. The fourth-order valence-corrected chi connectivity index (χ4v) is 1.83. The van der Waals surface area contributed by atoms with Gasteiger partial charge in [-0.15, -0.1) is 0 Å². The summed E-state index contributed by atoms with van der Waals surface area (Å²) in [5.41, 5.74) is 4.48. The standard InChI is InChI=1S/C15H15ClN2O2/c1-19-12-8-7-11(15(9-12)20-2)10-17-18-14-6-4-3-5-13(14)16/h3-10,18H,1-2H3/b17-10-. The van der Waals surface area contributed by atoms with E-state index in [0.717, 1.165) is 17.0 Å². The molecule has 4 nitrogen and oxygen atoms in total. The Morgan fingerprint density at radius 2 is 1.90 bits per heavy atom. The van der Waals surface area contributed by atoms with Gasteiger partial charge in [-0.25, -0.2) is 0 Å². The average Bonchev–Trinajstić information content (AvgIpc) is 2.49. The van der Waals surface area contributed by atoms with Gasteiger partial charge in [0.1, 0.15) is 11.5 Å². The second kappa shape index (κ2) is 6.82. The van der Waals surface area contributed by atoms with Crippen molar-refractivity contribution in [2.45, 2.75) is 0 Å². The lowest BCUT2D eigenvalue weighted by Crippen LogP contribution is -1.95. The van der Waals surface area contributed by atoms with Crippen molar-refractivity contribution in [3.63, 3.8) is 0 Å². The lowest BCUT2D eigenvalue weighted by atomic mass is 10.2. The summed E-state index contributed by atoms with van der Waals surface area (Å²) < 4.78 is 10.4. The highest BCUT2D eigenvalue weighted by Crippen LogP contribution is 2.24. The van der Waals surface area contributed by atoms with Crippen LogP contribution in [0.4, 0.5) is 5.69 Å². The summed E-state index contributed by atoms with van der Waals surface area (Å²) in [6.45, 7) is 0. The Morgan fingerprint density at radius 3 is 2.60 bits per heavy atom. The molecule has 0 atom stereocenters. The zero-order valence-corrected chi connectivity index (χ0v) is 12.0. The highest BCUT2D eigenvalue weighted by molar-refractivity contribution is 6.33. The summed E-state index contributed by atoms with van der Waals surface area (Å²) in [4.78, 5) is 0. The van der Waals surface area contributed by atoms with Crippen LogP contribution >= 0.6 is 11.6 Å². The first-order valence-corrected chi connectivity index (χ1v) is 6.38. The largest absolute Gasteiger partial charge is 0.497 e. The van der Waals surface area contributed by atoms with E-state index in [4.69, 9.17) is 21.1 Å². The van der Waals surface area contributed by atoms with Gasteiger partial charge in [0.05, 0.1) is 31.1 Å². The molecule has 0 bridgehead atoms. The van der Waals surface area contributed by atoms with Crippen molar-refractivity contribution in [3.05, 3.63) is 53.1 Å². The van der Waals surface area contributed by atoms with E-state index in [1.807, 2.05) is 30.3 Å². The molecule has 2 rings (SSSR count). The molecule has 104 valence electrons. The minimum absolute atomic E-state index is 0.617. The zero-order chi connectivity index (χ0) is 14.4. The summed E-state index contributed by atoms with van der Waals surface area (Å²) in [5, 5.41) is 4.77. The van der Waals surface area contributed by atoms with E-state index in [9.17, 15) is 0 Å². The summed E-state index contributed by atoms with van der Waals surface area (Å²) in [6.07, 6.45) is 1.67. The van der Waals surface area contributed by atoms with Gasteiger partial charge in [0.25, 0.3) is 0 Å². The molecule has 5 heteroatoms. The molecule has 20 heavy (non-hydrogen) atoms. The number of rotatable bonds is 5. The van der Waals surface area contributed by atoms with Crippen LogP contribution in [-0.2, 0) is 0 Å². The van der Waals surface area contributed by atoms with Crippen molar-refractivity contribution in [3.8, 4) is 11.5 Å². The molecule has 0 aromatic heterocycles. The molecule has 2 aromatic rings. The Labute approximate surface area is 123 Å². The van der Waals surface area contributed by atoms with Crippen LogP contribution in [0.1, 0.15) is 5.56 Å². The summed E-state index contributed by atoms with van der Waals surface area (Å²) in [5.74, 6) is 1.42. The number of benzene rings is 2. The lowest BCUT2D eigenvalue weighted by Gasteiger charge is -2.07. The van der Waals surface area contributed by atoms with Gasteiger partial charge in [-0.2, -0.15) is 5.10 Å². The molecule has 0 radical (unpaired) electrons. The molecule has 0 fully saturated rings. The quantitative estimate of drug-likeness (QED) is 0.673. The van der Waals surface area contributed by atoms with E-state index in [1.165, 1.54) is 0 Å². The van der Waals surface area contributed by atoms with Crippen LogP contribution in [0.15, 0.2) is 47.6 Å². The number of methoxy groups -OCH3 is 2. The van der Waals surface area contributed by atoms with Gasteiger partial charge in [0, 0.05) is 11.6 Å². The molecule has 0 saturated heterocycles. The van der Waals surface area contributed by atoms with Gasteiger partial charge in [0.15, 0.2) is 0 Å². The highest BCUT2D eigenvalue weighted by Gasteiger charge is 2.02. The molecular formula is C15H15ClN2O2. The smallest absolute Gasteiger partial charge is 0.131 e. The molecule has 2 aromatic carbocycles. The van der Waals surface area contributed by atoms with Crippen LogP contribution in [0.5, 0.6) is 11.5 Å². The van der Waals surface area contributed by atoms with Crippen molar-refractivity contribution in [2.75, 3.05) is 19.6 Å². The Bertz CT molecular complexity index is 615. The number of halogens is 1. The van der Waals surface area contributed by atoms with Gasteiger partial charge >= 0.3 is 0 Å². The van der Waals surface area contributed by atoms with Crippen LogP contribution in [-0.4, -0.2) is 20.4 Å². The zero-order valence-electron chi connectivity index (χ0n) is 11.3. The normalized spacial score (nSPS) is 10.6. The minimum Gasteiger partial charge on any atom is -0.497 e. The number of nitrogens with one attached hydrogen (secondary N) is 1. The maximum atomic E-state index is 6.03. The molecule has 0 saturated carbocycles. The Hall–Kier alpha value is -2.20. The molecule has 0 aliphatic carbocycles. The fraction of sp³-hybridized carbons (Fsp3) is 0.133. The number of ether oxygens (including phenoxy) is 2. The molecule has 0 aliphatic rings. The van der Waals surface area contributed by atoms with Crippen molar-refractivity contribution < 1.29 is 9.47 Å². The summed E-state index contributed by atoms with van der Waals surface area (Å²) in [7, 11) is 3.22. The Morgan fingerprint density at radius 1 is 1.10 bits per heavy atom. The predicted molar refractivity (Wildman–Crippen MR) is 82.2 cm³/mol. The van der Waals surface area contributed by atoms with E-state index in [2.05, 4.69) is 10.5 Å². The third-order valence-electron chi connectivity index (χ3n) is 2.70. The molecule has 0 amide bonds. The van der Waals surface area contributed by atoms with Crippen LogP contribution < -0.4 is 14.9 Å². The monoisotopic (exact) mass is 290 g/mol. The van der Waals surface area contributed by atoms with E-state index in [1.54, 1.807) is 32.6 Å². The average molecular weight is 291 g/mol. The molecular weight excluding hydrogens is 276 g/mol. The Balaban J connectivity index is 2.13. The van der Waals surface area contributed by atoms with Gasteiger partial charge in [0.2, 0.25) is 0 Å². The molecule has 0 unspecified atom stereocenters. The SMILES string of the molecule is COc1ccc(/C=N\Nc2ccccc2Cl)c(OC)c1. The lowest BCUT2D eigenvalue weighted by molar-refractivity contribution is 0.394. The number of hydrazone groups is 1. The first-order chi connectivity index (χ1) is 9.74. The molecule has 1 N–H and O–H groups in total. The molecule has 0 aliphatic heterocycles. The third kappa shape index (κ3) is 3.42. The fourth-order valence-electron chi connectivity index (χ4n) is 1.65. The number of para-hydroxylation sites is 1. The maximum Gasteiger partial charge on any atom is 0.131 e. The van der Waals surface area contributed by atoms with Gasteiger partial charge in [-0.05, 0) is 24.3 Å². The van der Waals surface area contributed by atoms with Crippen LogP contribution in [0.25, 0.3) is 0 Å². The van der Waals surface area contributed by atoms with Gasteiger partial charge < -0.3 is 9.47 Å². The second-order valence-corrected chi connectivity index (χ2v) is 4.36. The Kier molecular flexibility index (Phi) is 4.85. The minimum atomic E-state index is 0.617. The maximum absolute atomic E-state index is 6.03. The van der Waals surface area contributed by atoms with Crippen LogP contribution in [0.2, 0.25) is 5.02 Å². The van der Waals surface area contributed by atoms with Crippen molar-refractivity contribution in [1.29, 1.82) is 0 Å². The third-order valence-corrected chi connectivity index (χ3v) is 3.03. The number of nitrogens with zero attached hydrogens (tertiary/aromatic N) is 1. The van der Waals surface area contributed by atoms with Crippen molar-refractivity contribution in [2.24, 2.45) is 5.10 Å². The van der Waals surface area contributed by atoms with Crippen LogP contribution in [0, 0.1) is 0 Å². The first-order valence-electron chi connectivity index (χ1n) is 6.00. The van der Waals surface area contributed by atoms with E-state index >= 15 is 0 Å². The van der Waals surface area contributed by atoms with E-state index < -0.39 is 0 Å². The van der Waals surface area contributed by atoms with E-state index in [-0.39, 0.29) is 0 Å². The van der Waals surface area contributed by atoms with Crippen LogP contribution in [0.3, 0.4) is 0 Å². The van der Waals surface area contributed by atoms with E-state index in [0.29, 0.717) is 10.8 Å². The van der Waals surface area contributed by atoms with Crippen molar-refractivity contribution in [1.82, 2.24) is 0 Å². The van der Waals surface area contributed by atoms with Crippen molar-refractivity contribution >= 4 is 23.5 Å². The number of hydrogen-bond donors (Lipinski definition) is 1. The molecule has 0 heterocycles. The number of anilines is 1.